The van der Waals surface area contributed by atoms with E-state index in [1.54, 1.807) is 16.2 Å². The molecule has 0 aliphatic carbocycles. The van der Waals surface area contributed by atoms with Crippen molar-refractivity contribution in [3.8, 4) is 11.3 Å². The third-order valence-electron chi connectivity index (χ3n) is 4.25. The number of aromatic nitrogens is 1. The smallest absolute Gasteiger partial charge is 0.321 e. The van der Waals surface area contributed by atoms with E-state index in [0.29, 0.717) is 6.10 Å². The van der Waals surface area contributed by atoms with E-state index in [-0.39, 0.29) is 6.03 Å². The van der Waals surface area contributed by atoms with Gasteiger partial charge in [-0.25, -0.2) is 9.78 Å². The lowest BCUT2D eigenvalue weighted by atomic mass is 10.1. The Labute approximate surface area is 146 Å². The summed E-state index contributed by atoms with van der Waals surface area (Å²) >= 11 is 1.57. The minimum atomic E-state index is -0.0799. The van der Waals surface area contributed by atoms with E-state index >= 15 is 0 Å². The van der Waals surface area contributed by atoms with Gasteiger partial charge in [-0.05, 0) is 37.8 Å². The first-order chi connectivity index (χ1) is 11.7. The number of benzene rings is 1. The molecular weight excluding hydrogens is 322 g/mol. The second-order valence-electron chi connectivity index (χ2n) is 6.08. The number of carbonyl (C=O) groups excluding carboxylic acids is 1. The van der Waals surface area contributed by atoms with E-state index in [1.165, 1.54) is 0 Å². The van der Waals surface area contributed by atoms with Crippen molar-refractivity contribution in [1.82, 2.24) is 9.88 Å². The van der Waals surface area contributed by atoms with Crippen molar-refractivity contribution in [3.63, 3.8) is 0 Å². The molecule has 1 aromatic carbocycles. The van der Waals surface area contributed by atoms with Gasteiger partial charge in [0.05, 0.1) is 17.3 Å². The number of carbonyl (C=O) groups is 1. The van der Waals surface area contributed by atoms with Crippen molar-refractivity contribution in [2.24, 2.45) is 0 Å². The van der Waals surface area contributed by atoms with Gasteiger partial charge in [-0.2, -0.15) is 0 Å². The highest BCUT2D eigenvalue weighted by Crippen LogP contribution is 2.21. The van der Waals surface area contributed by atoms with E-state index in [1.807, 2.05) is 42.2 Å². The third kappa shape index (κ3) is 4.55. The molecular formula is C18H23N3O2S. The number of hydrogen-bond donors (Lipinski definition) is 1. The summed E-state index contributed by atoms with van der Waals surface area (Å²) < 4.78 is 5.61. The molecule has 1 saturated heterocycles. The molecule has 128 valence electrons. The zero-order valence-corrected chi connectivity index (χ0v) is 14.7. The molecule has 1 aromatic heterocycles. The Balaban J connectivity index is 1.45. The van der Waals surface area contributed by atoms with Crippen molar-refractivity contribution in [2.45, 2.75) is 31.8 Å². The Morgan fingerprint density at radius 1 is 1.42 bits per heavy atom. The van der Waals surface area contributed by atoms with Gasteiger partial charge in [0.2, 0.25) is 0 Å². The number of amides is 2. The van der Waals surface area contributed by atoms with Crippen LogP contribution in [0.1, 0.15) is 25.7 Å². The van der Waals surface area contributed by atoms with Crippen LogP contribution >= 0.6 is 11.3 Å². The molecule has 6 heteroatoms. The average molecular weight is 345 g/mol. The minimum absolute atomic E-state index is 0.0799. The monoisotopic (exact) mass is 345 g/mol. The molecule has 3 rings (SSSR count). The number of nitrogens with zero attached hydrogens (tertiary/aromatic N) is 2. The topological polar surface area (TPSA) is 54.5 Å². The van der Waals surface area contributed by atoms with Crippen molar-refractivity contribution in [3.05, 3.63) is 35.2 Å². The van der Waals surface area contributed by atoms with E-state index in [2.05, 4.69) is 10.3 Å². The molecule has 0 radical (unpaired) electrons. The molecule has 24 heavy (non-hydrogen) atoms. The van der Waals surface area contributed by atoms with Gasteiger partial charge in [-0.3, -0.25) is 0 Å². The summed E-state index contributed by atoms with van der Waals surface area (Å²) in [5.74, 6) is 0. The summed E-state index contributed by atoms with van der Waals surface area (Å²) in [7, 11) is 1.83. The van der Waals surface area contributed by atoms with E-state index in [9.17, 15) is 4.79 Å². The third-order valence-corrected chi connectivity index (χ3v) is 4.84. The standard InChI is InChI=1S/C18H23N3O2S/c1-21(10-2-4-16-5-3-11-23-16)18(22)20-15-8-6-14(7-9-15)17-12-24-13-19-17/h6-9,12-13,16H,2-5,10-11H2,1H3,(H,20,22). The molecule has 2 amide bonds. The Morgan fingerprint density at radius 3 is 2.92 bits per heavy atom. The van der Waals surface area contributed by atoms with E-state index < -0.39 is 0 Å². The van der Waals surface area contributed by atoms with Crippen molar-refractivity contribution < 1.29 is 9.53 Å². The predicted octanol–water partition coefficient (Wildman–Crippen LogP) is 4.23. The number of ether oxygens (including phenoxy) is 1. The lowest BCUT2D eigenvalue weighted by molar-refractivity contribution is 0.101. The highest BCUT2D eigenvalue weighted by atomic mass is 32.1. The maximum absolute atomic E-state index is 12.2. The second-order valence-corrected chi connectivity index (χ2v) is 6.80. The number of nitrogens with one attached hydrogen (secondary N) is 1. The van der Waals surface area contributed by atoms with Crippen LogP contribution in [-0.4, -0.2) is 42.2 Å². The lowest BCUT2D eigenvalue weighted by Crippen LogP contribution is -2.32. The van der Waals surface area contributed by atoms with Gasteiger partial charge >= 0.3 is 6.03 Å². The number of urea groups is 1. The van der Waals surface area contributed by atoms with Crippen molar-refractivity contribution >= 4 is 23.1 Å². The van der Waals surface area contributed by atoms with Gasteiger partial charge in [0.15, 0.2) is 0 Å². The summed E-state index contributed by atoms with van der Waals surface area (Å²) in [5.41, 5.74) is 4.63. The Kier molecular flexibility index (Phi) is 5.82. The maximum Gasteiger partial charge on any atom is 0.321 e. The highest BCUT2D eigenvalue weighted by Gasteiger charge is 2.16. The van der Waals surface area contributed by atoms with Crippen LogP contribution in [0, 0.1) is 0 Å². The maximum atomic E-state index is 12.2. The Hall–Kier alpha value is -1.92. The molecule has 1 aliphatic heterocycles. The van der Waals surface area contributed by atoms with E-state index in [0.717, 1.165) is 55.8 Å². The van der Waals surface area contributed by atoms with Gasteiger partial charge in [0, 0.05) is 36.8 Å². The number of rotatable bonds is 6. The van der Waals surface area contributed by atoms with Gasteiger partial charge in [0.25, 0.3) is 0 Å². The summed E-state index contributed by atoms with van der Waals surface area (Å²) in [6, 6.07) is 7.69. The molecule has 0 bridgehead atoms. The molecule has 1 fully saturated rings. The first-order valence-corrected chi connectivity index (χ1v) is 9.29. The van der Waals surface area contributed by atoms with Crippen LogP contribution in [0.2, 0.25) is 0 Å². The first kappa shape index (κ1) is 16.9. The molecule has 2 aromatic rings. The molecule has 0 saturated carbocycles. The van der Waals surface area contributed by atoms with Crippen LogP contribution in [0.15, 0.2) is 35.2 Å². The minimum Gasteiger partial charge on any atom is -0.378 e. The fourth-order valence-corrected chi connectivity index (χ4v) is 3.39. The lowest BCUT2D eigenvalue weighted by Gasteiger charge is -2.19. The molecule has 1 N–H and O–H groups in total. The van der Waals surface area contributed by atoms with Crippen LogP contribution < -0.4 is 5.32 Å². The number of thiazole rings is 1. The predicted molar refractivity (Wildman–Crippen MR) is 97.4 cm³/mol. The Bertz CT molecular complexity index is 637. The number of anilines is 1. The van der Waals surface area contributed by atoms with E-state index in [4.69, 9.17) is 4.74 Å². The van der Waals surface area contributed by atoms with Crippen molar-refractivity contribution in [1.29, 1.82) is 0 Å². The molecule has 1 atom stereocenters. The summed E-state index contributed by atoms with van der Waals surface area (Å²) in [5, 5.41) is 4.94. The normalized spacial score (nSPS) is 17.0. The van der Waals surface area contributed by atoms with Gasteiger partial charge < -0.3 is 15.0 Å². The SMILES string of the molecule is CN(CCCC1CCCO1)C(=O)Nc1ccc(-c2cscn2)cc1. The second kappa shape index (κ2) is 8.26. The highest BCUT2D eigenvalue weighted by molar-refractivity contribution is 7.07. The van der Waals surface area contributed by atoms with Crippen molar-refractivity contribution in [2.75, 3.05) is 25.5 Å². The molecule has 5 nitrogen and oxygen atoms in total. The van der Waals surface area contributed by atoms with Crippen LogP contribution in [-0.2, 0) is 4.74 Å². The average Bonchev–Trinajstić information content (AvgIpc) is 3.29. The quantitative estimate of drug-likeness (QED) is 0.852. The van der Waals surface area contributed by atoms with Crippen LogP contribution in [0.25, 0.3) is 11.3 Å². The zero-order chi connectivity index (χ0) is 16.8. The summed E-state index contributed by atoms with van der Waals surface area (Å²) in [4.78, 5) is 18.2. The van der Waals surface area contributed by atoms with Gasteiger partial charge in [0.1, 0.15) is 0 Å². The molecule has 1 unspecified atom stereocenters. The van der Waals surface area contributed by atoms with Gasteiger partial charge in [-0.1, -0.05) is 12.1 Å². The summed E-state index contributed by atoms with van der Waals surface area (Å²) in [6.45, 7) is 1.63. The van der Waals surface area contributed by atoms with Gasteiger partial charge in [-0.15, -0.1) is 11.3 Å². The van der Waals surface area contributed by atoms with Crippen LogP contribution in [0.5, 0.6) is 0 Å². The van der Waals surface area contributed by atoms with Crippen LogP contribution in [0.4, 0.5) is 10.5 Å². The molecule has 0 spiro atoms. The molecule has 2 heterocycles. The molecule has 1 aliphatic rings. The fourth-order valence-electron chi connectivity index (χ4n) is 2.83. The Morgan fingerprint density at radius 2 is 2.25 bits per heavy atom. The first-order valence-electron chi connectivity index (χ1n) is 8.35. The summed E-state index contributed by atoms with van der Waals surface area (Å²) in [6.07, 6.45) is 4.70. The zero-order valence-electron chi connectivity index (χ0n) is 13.9. The number of hydrogen-bond acceptors (Lipinski definition) is 4. The van der Waals surface area contributed by atoms with Crippen LogP contribution in [0.3, 0.4) is 0 Å². The fraction of sp³-hybridized carbons (Fsp3) is 0.444. The largest absolute Gasteiger partial charge is 0.378 e.